The van der Waals surface area contributed by atoms with E-state index in [-0.39, 0.29) is 10.6 Å². The lowest BCUT2D eigenvalue weighted by Crippen LogP contribution is -1.92. The Hall–Kier alpha value is -1.91. The lowest BCUT2D eigenvalue weighted by atomic mass is 10.2. The lowest BCUT2D eigenvalue weighted by molar-refractivity contribution is -0.383. The molecule has 0 fully saturated rings. The summed E-state index contributed by atoms with van der Waals surface area (Å²) < 4.78 is 1.65. The molecule has 0 amide bonds. The van der Waals surface area contributed by atoms with Crippen LogP contribution in [0.3, 0.4) is 0 Å². The second-order valence-electron chi connectivity index (χ2n) is 3.14. The van der Waals surface area contributed by atoms with Crippen molar-refractivity contribution >= 4 is 16.6 Å². The molecule has 0 aliphatic carbocycles. The van der Waals surface area contributed by atoms with Crippen molar-refractivity contribution in [2.45, 2.75) is 6.92 Å². The molecule has 2 aromatic rings. The number of hydrogen-bond acceptors (Lipinski definition) is 3. The summed E-state index contributed by atoms with van der Waals surface area (Å²) in [5, 5.41) is 15.5. The van der Waals surface area contributed by atoms with Gasteiger partial charge in [0.05, 0.1) is 10.4 Å². The van der Waals surface area contributed by atoms with Crippen LogP contribution in [0, 0.1) is 17.0 Å². The minimum Gasteiger partial charge on any atom is -0.271 e. The maximum absolute atomic E-state index is 10.7. The van der Waals surface area contributed by atoms with Crippen LogP contribution in [-0.4, -0.2) is 14.7 Å². The molecule has 0 radical (unpaired) electrons. The van der Waals surface area contributed by atoms with E-state index in [1.165, 1.54) is 6.07 Å². The van der Waals surface area contributed by atoms with Gasteiger partial charge in [-0.25, -0.2) is 0 Å². The van der Waals surface area contributed by atoms with E-state index in [9.17, 15) is 10.1 Å². The molecular weight excluding hydrogens is 182 g/mol. The molecule has 0 atom stereocenters. The maximum atomic E-state index is 10.7. The second kappa shape index (κ2) is 2.80. The number of fused-ring (bicyclic) bond motifs is 1. The van der Waals surface area contributed by atoms with E-state index in [2.05, 4.69) is 5.10 Å². The zero-order chi connectivity index (χ0) is 10.3. The van der Waals surface area contributed by atoms with Crippen molar-refractivity contribution in [1.82, 2.24) is 9.78 Å². The number of benzene rings is 1. The number of nitrogens with zero attached hydrogens (tertiary/aromatic N) is 3. The Bertz CT molecular complexity index is 516. The molecule has 0 spiro atoms. The molecule has 1 heterocycles. The standard InChI is InChI=1S/C9H9N3O2/c1-6-9-7(10-11(6)2)4-3-5-8(9)12(13)14/h3-5H,1-2H3. The van der Waals surface area contributed by atoms with Gasteiger partial charge in [-0.15, -0.1) is 0 Å². The normalized spacial score (nSPS) is 10.7. The molecule has 2 rings (SSSR count). The molecule has 0 aliphatic rings. The van der Waals surface area contributed by atoms with Gasteiger partial charge in [-0.05, 0) is 13.0 Å². The molecule has 1 aromatic heterocycles. The first kappa shape index (κ1) is 8.68. The largest absolute Gasteiger partial charge is 0.280 e. The predicted molar refractivity (Wildman–Crippen MR) is 52.1 cm³/mol. The van der Waals surface area contributed by atoms with Crippen LogP contribution >= 0.6 is 0 Å². The maximum Gasteiger partial charge on any atom is 0.280 e. The molecule has 1 aromatic carbocycles. The molecule has 0 aliphatic heterocycles. The number of non-ortho nitro benzene ring substituents is 1. The zero-order valence-electron chi connectivity index (χ0n) is 7.89. The number of aromatic nitrogens is 2. The van der Waals surface area contributed by atoms with Crippen molar-refractivity contribution in [3.05, 3.63) is 34.0 Å². The summed E-state index contributed by atoms with van der Waals surface area (Å²) >= 11 is 0. The molecule has 5 nitrogen and oxygen atoms in total. The summed E-state index contributed by atoms with van der Waals surface area (Å²) in [6.45, 7) is 1.82. The van der Waals surface area contributed by atoms with Crippen LogP contribution in [0.5, 0.6) is 0 Å². The number of hydrogen-bond donors (Lipinski definition) is 0. The fourth-order valence-electron chi connectivity index (χ4n) is 1.53. The van der Waals surface area contributed by atoms with Crippen LogP contribution in [-0.2, 0) is 7.05 Å². The minimum absolute atomic E-state index is 0.119. The fraction of sp³-hybridized carbons (Fsp3) is 0.222. The Morgan fingerprint density at radius 1 is 1.50 bits per heavy atom. The van der Waals surface area contributed by atoms with Crippen LogP contribution in [0.15, 0.2) is 18.2 Å². The Balaban J connectivity index is 2.91. The zero-order valence-corrected chi connectivity index (χ0v) is 7.89. The van der Waals surface area contributed by atoms with Crippen LogP contribution in [0.25, 0.3) is 10.9 Å². The Labute approximate surface area is 80.1 Å². The first-order valence-corrected chi connectivity index (χ1v) is 4.18. The van der Waals surface area contributed by atoms with Crippen molar-refractivity contribution in [1.29, 1.82) is 0 Å². The van der Waals surface area contributed by atoms with E-state index in [1.54, 1.807) is 23.9 Å². The Kier molecular flexibility index (Phi) is 1.73. The third-order valence-electron chi connectivity index (χ3n) is 2.32. The SMILES string of the molecule is Cc1c2c([N+](=O)[O-])cccc2nn1C. The molecule has 0 saturated carbocycles. The highest BCUT2D eigenvalue weighted by Crippen LogP contribution is 2.27. The van der Waals surface area contributed by atoms with E-state index in [0.717, 1.165) is 5.69 Å². The van der Waals surface area contributed by atoms with Gasteiger partial charge in [0, 0.05) is 18.8 Å². The van der Waals surface area contributed by atoms with Crippen molar-refractivity contribution in [3.8, 4) is 0 Å². The third-order valence-corrected chi connectivity index (χ3v) is 2.32. The van der Waals surface area contributed by atoms with Crippen LogP contribution < -0.4 is 0 Å². The summed E-state index contributed by atoms with van der Waals surface area (Å²) in [5.41, 5.74) is 1.60. The third kappa shape index (κ3) is 1.06. The van der Waals surface area contributed by atoms with Gasteiger partial charge in [-0.1, -0.05) is 6.07 Å². The summed E-state index contributed by atoms with van der Waals surface area (Å²) in [7, 11) is 1.78. The molecule has 0 unspecified atom stereocenters. The van der Waals surface area contributed by atoms with Gasteiger partial charge < -0.3 is 0 Å². The number of rotatable bonds is 1. The second-order valence-corrected chi connectivity index (χ2v) is 3.14. The average molecular weight is 191 g/mol. The highest BCUT2D eigenvalue weighted by Gasteiger charge is 2.16. The summed E-state index contributed by atoms with van der Waals surface area (Å²) in [6, 6.07) is 4.92. The molecule has 5 heteroatoms. The van der Waals surface area contributed by atoms with E-state index in [4.69, 9.17) is 0 Å². The highest BCUT2D eigenvalue weighted by atomic mass is 16.6. The van der Waals surface area contributed by atoms with E-state index >= 15 is 0 Å². The lowest BCUT2D eigenvalue weighted by Gasteiger charge is -1.94. The minimum atomic E-state index is -0.378. The van der Waals surface area contributed by atoms with Crippen molar-refractivity contribution in [2.24, 2.45) is 7.05 Å². The van der Waals surface area contributed by atoms with Gasteiger partial charge in [-0.3, -0.25) is 14.8 Å². The smallest absolute Gasteiger partial charge is 0.271 e. The van der Waals surface area contributed by atoms with Crippen LogP contribution in [0.1, 0.15) is 5.69 Å². The highest BCUT2D eigenvalue weighted by molar-refractivity contribution is 5.90. The topological polar surface area (TPSA) is 61.0 Å². The number of aryl methyl sites for hydroxylation is 2. The first-order chi connectivity index (χ1) is 6.61. The van der Waals surface area contributed by atoms with E-state index in [0.29, 0.717) is 10.9 Å². The Morgan fingerprint density at radius 3 is 2.86 bits per heavy atom. The molecule has 0 N–H and O–H groups in total. The first-order valence-electron chi connectivity index (χ1n) is 4.18. The van der Waals surface area contributed by atoms with Gasteiger partial charge in [-0.2, -0.15) is 5.10 Å². The van der Waals surface area contributed by atoms with Gasteiger partial charge in [0.1, 0.15) is 5.39 Å². The summed E-state index contributed by atoms with van der Waals surface area (Å²) in [4.78, 5) is 10.4. The predicted octanol–water partition coefficient (Wildman–Crippen LogP) is 1.79. The van der Waals surface area contributed by atoms with E-state index < -0.39 is 0 Å². The quantitative estimate of drug-likeness (QED) is 0.510. The molecule has 0 saturated heterocycles. The van der Waals surface area contributed by atoms with Crippen molar-refractivity contribution in [2.75, 3.05) is 0 Å². The van der Waals surface area contributed by atoms with Crippen LogP contribution in [0.2, 0.25) is 0 Å². The Morgan fingerprint density at radius 2 is 2.21 bits per heavy atom. The summed E-state index contributed by atoms with van der Waals surface area (Å²) in [5.74, 6) is 0. The number of nitro groups is 1. The van der Waals surface area contributed by atoms with Crippen molar-refractivity contribution in [3.63, 3.8) is 0 Å². The average Bonchev–Trinajstić information content (AvgIpc) is 2.43. The van der Waals surface area contributed by atoms with Gasteiger partial charge in [0.15, 0.2) is 0 Å². The monoisotopic (exact) mass is 191 g/mol. The molecular formula is C9H9N3O2. The van der Waals surface area contributed by atoms with Gasteiger partial charge in [0.2, 0.25) is 0 Å². The van der Waals surface area contributed by atoms with Crippen LogP contribution in [0.4, 0.5) is 5.69 Å². The molecule has 0 bridgehead atoms. The molecule has 72 valence electrons. The van der Waals surface area contributed by atoms with Gasteiger partial charge >= 0.3 is 0 Å². The number of nitro benzene ring substituents is 1. The molecule has 14 heavy (non-hydrogen) atoms. The van der Waals surface area contributed by atoms with E-state index in [1.807, 2.05) is 6.92 Å². The van der Waals surface area contributed by atoms with Gasteiger partial charge in [0.25, 0.3) is 5.69 Å². The summed E-state index contributed by atoms with van der Waals surface area (Å²) in [6.07, 6.45) is 0. The van der Waals surface area contributed by atoms with Crippen molar-refractivity contribution < 1.29 is 4.92 Å². The fourth-order valence-corrected chi connectivity index (χ4v) is 1.53.